The minimum atomic E-state index is -0.549. The Balaban J connectivity index is 2.54. The van der Waals surface area contributed by atoms with Crippen LogP contribution in [-0.2, 0) is 4.74 Å². The summed E-state index contributed by atoms with van der Waals surface area (Å²) in [6.07, 6.45) is 8.27. The topological polar surface area (TPSA) is 69.9 Å². The van der Waals surface area contributed by atoms with Gasteiger partial charge in [0.2, 0.25) is 0 Å². The molecule has 0 aliphatic rings. The molecule has 4 atom stereocenters. The number of aliphatic hydroxyl groups excluding tert-OH is 3. The van der Waals surface area contributed by atoms with E-state index in [0.717, 1.165) is 12.8 Å². The van der Waals surface area contributed by atoms with E-state index in [1.807, 2.05) is 18.2 Å². The molecule has 0 aliphatic heterocycles. The number of ether oxygens (including phenoxy) is 1. The number of hydrogen-bond acceptors (Lipinski definition) is 4. The van der Waals surface area contributed by atoms with Crippen molar-refractivity contribution >= 4 is 0 Å². The van der Waals surface area contributed by atoms with Crippen molar-refractivity contribution in [1.82, 2.24) is 0 Å². The van der Waals surface area contributed by atoms with Crippen molar-refractivity contribution in [2.75, 3.05) is 13.2 Å². The Hall–Kier alpha value is -0.940. The van der Waals surface area contributed by atoms with Crippen LogP contribution in [0.15, 0.2) is 30.3 Å². The van der Waals surface area contributed by atoms with E-state index in [2.05, 4.69) is 19.1 Å². The van der Waals surface area contributed by atoms with Crippen molar-refractivity contribution in [3.05, 3.63) is 35.9 Å². The van der Waals surface area contributed by atoms with Gasteiger partial charge in [0.05, 0.1) is 31.5 Å². The van der Waals surface area contributed by atoms with E-state index in [4.69, 9.17) is 4.74 Å². The van der Waals surface area contributed by atoms with Crippen LogP contribution in [0.1, 0.15) is 83.1 Å². The maximum Gasteiger partial charge on any atom is 0.0812 e. The highest BCUT2D eigenvalue weighted by Gasteiger charge is 2.21. The molecule has 0 amide bonds. The van der Waals surface area contributed by atoms with Gasteiger partial charge in [-0.15, -0.1) is 0 Å². The maximum atomic E-state index is 10.5. The van der Waals surface area contributed by atoms with Crippen molar-refractivity contribution in [2.45, 2.75) is 95.9 Å². The van der Waals surface area contributed by atoms with Crippen LogP contribution in [-0.4, -0.2) is 46.8 Å². The monoisotopic (exact) mass is 380 g/mol. The minimum absolute atomic E-state index is 0.0798. The highest BCUT2D eigenvalue weighted by atomic mass is 16.5. The van der Waals surface area contributed by atoms with E-state index in [1.54, 1.807) is 6.92 Å². The Labute approximate surface area is 165 Å². The van der Waals surface area contributed by atoms with E-state index >= 15 is 0 Å². The first-order valence-electron chi connectivity index (χ1n) is 10.7. The highest BCUT2D eigenvalue weighted by Crippen LogP contribution is 2.29. The lowest BCUT2D eigenvalue weighted by molar-refractivity contribution is -0.0348. The van der Waals surface area contributed by atoms with Crippen molar-refractivity contribution in [3.63, 3.8) is 0 Å². The first kappa shape index (κ1) is 24.1. The second kappa shape index (κ2) is 15.0. The van der Waals surface area contributed by atoms with Crippen molar-refractivity contribution in [1.29, 1.82) is 0 Å². The predicted molar refractivity (Wildman–Crippen MR) is 111 cm³/mol. The fraction of sp³-hybridized carbons (Fsp3) is 0.739. The van der Waals surface area contributed by atoms with Gasteiger partial charge in [-0.1, -0.05) is 75.8 Å². The standard InChI is InChI=1S/C23H40O4/c1-3-4-5-6-7-11-14-22(26)15-21(20-12-9-8-10-13-20)16-23(17-24)27-18-19(2)25/h8-10,12-13,19,21-26H,3-7,11,14-18H2,1-2H3. The Morgan fingerprint density at radius 2 is 1.59 bits per heavy atom. The molecule has 1 aromatic rings. The molecular formula is C23H40O4. The molecule has 0 saturated heterocycles. The number of unbranched alkanes of at least 4 members (excludes halogenated alkanes) is 5. The molecule has 0 bridgehead atoms. The number of rotatable bonds is 16. The predicted octanol–water partition coefficient (Wildman–Crippen LogP) is 4.42. The molecule has 3 N–H and O–H groups in total. The second-order valence-corrected chi connectivity index (χ2v) is 7.78. The van der Waals surface area contributed by atoms with E-state index < -0.39 is 6.10 Å². The zero-order valence-electron chi connectivity index (χ0n) is 17.2. The second-order valence-electron chi connectivity index (χ2n) is 7.78. The Morgan fingerprint density at radius 3 is 2.22 bits per heavy atom. The van der Waals surface area contributed by atoms with Crippen LogP contribution >= 0.6 is 0 Å². The van der Waals surface area contributed by atoms with Crippen molar-refractivity contribution < 1.29 is 20.1 Å². The van der Waals surface area contributed by atoms with Gasteiger partial charge in [0.1, 0.15) is 0 Å². The first-order chi connectivity index (χ1) is 13.1. The van der Waals surface area contributed by atoms with Gasteiger partial charge in [-0.3, -0.25) is 0 Å². The van der Waals surface area contributed by atoms with Crippen LogP contribution < -0.4 is 0 Å². The lowest BCUT2D eigenvalue weighted by Crippen LogP contribution is -2.26. The first-order valence-corrected chi connectivity index (χ1v) is 10.7. The molecule has 1 aromatic carbocycles. The van der Waals surface area contributed by atoms with Crippen LogP contribution in [0.3, 0.4) is 0 Å². The SMILES string of the molecule is CCCCCCCCC(O)CC(CC(CO)OCC(C)O)c1ccccc1. The molecule has 0 aliphatic carbocycles. The van der Waals surface area contributed by atoms with Gasteiger partial charge >= 0.3 is 0 Å². The third-order valence-electron chi connectivity index (χ3n) is 5.04. The lowest BCUT2D eigenvalue weighted by atomic mass is 9.87. The van der Waals surface area contributed by atoms with Gasteiger partial charge in [0.15, 0.2) is 0 Å². The van der Waals surface area contributed by atoms with Crippen LogP contribution in [0.5, 0.6) is 0 Å². The molecule has 27 heavy (non-hydrogen) atoms. The van der Waals surface area contributed by atoms with Crippen LogP contribution in [0.4, 0.5) is 0 Å². The van der Waals surface area contributed by atoms with Gasteiger partial charge in [0, 0.05) is 0 Å². The fourth-order valence-corrected chi connectivity index (χ4v) is 3.49. The van der Waals surface area contributed by atoms with Gasteiger partial charge in [-0.05, 0) is 37.7 Å². The molecule has 4 heteroatoms. The molecule has 0 fully saturated rings. The zero-order chi connectivity index (χ0) is 19.9. The van der Waals surface area contributed by atoms with Crippen LogP contribution in [0.2, 0.25) is 0 Å². The molecule has 0 spiro atoms. The molecule has 1 rings (SSSR count). The molecule has 0 aromatic heterocycles. The van der Waals surface area contributed by atoms with E-state index in [1.165, 1.54) is 37.7 Å². The van der Waals surface area contributed by atoms with E-state index in [-0.39, 0.29) is 31.3 Å². The van der Waals surface area contributed by atoms with Gasteiger partial charge in [-0.2, -0.15) is 0 Å². The average Bonchev–Trinajstić information content (AvgIpc) is 2.67. The average molecular weight is 381 g/mol. The maximum absolute atomic E-state index is 10.5. The molecule has 0 saturated carbocycles. The summed E-state index contributed by atoms with van der Waals surface area (Å²) in [7, 11) is 0. The third-order valence-corrected chi connectivity index (χ3v) is 5.04. The van der Waals surface area contributed by atoms with Gasteiger partial charge in [0.25, 0.3) is 0 Å². The summed E-state index contributed by atoms with van der Waals surface area (Å²) in [6.45, 7) is 4.03. The Morgan fingerprint density at radius 1 is 0.926 bits per heavy atom. The normalized spacial score (nSPS) is 16.0. The molecule has 0 heterocycles. The summed E-state index contributed by atoms with van der Waals surface area (Å²) in [5, 5.41) is 29.6. The smallest absolute Gasteiger partial charge is 0.0812 e. The lowest BCUT2D eigenvalue weighted by Gasteiger charge is -2.25. The highest BCUT2D eigenvalue weighted by molar-refractivity contribution is 5.19. The minimum Gasteiger partial charge on any atom is -0.394 e. The summed E-state index contributed by atoms with van der Waals surface area (Å²) < 4.78 is 5.64. The van der Waals surface area contributed by atoms with Crippen molar-refractivity contribution in [3.8, 4) is 0 Å². The molecule has 0 radical (unpaired) electrons. The largest absolute Gasteiger partial charge is 0.394 e. The molecule has 4 unspecified atom stereocenters. The summed E-state index contributed by atoms with van der Waals surface area (Å²) in [6, 6.07) is 10.2. The zero-order valence-corrected chi connectivity index (χ0v) is 17.2. The summed E-state index contributed by atoms with van der Waals surface area (Å²) in [5.41, 5.74) is 1.17. The fourth-order valence-electron chi connectivity index (χ4n) is 3.49. The number of aliphatic hydroxyl groups is 3. The van der Waals surface area contributed by atoms with E-state index in [0.29, 0.717) is 12.8 Å². The van der Waals surface area contributed by atoms with Crippen LogP contribution in [0, 0.1) is 0 Å². The number of benzene rings is 1. The molecule has 4 nitrogen and oxygen atoms in total. The number of hydrogen-bond donors (Lipinski definition) is 3. The van der Waals surface area contributed by atoms with Crippen LogP contribution in [0.25, 0.3) is 0 Å². The van der Waals surface area contributed by atoms with Crippen molar-refractivity contribution in [2.24, 2.45) is 0 Å². The van der Waals surface area contributed by atoms with Gasteiger partial charge in [-0.25, -0.2) is 0 Å². The summed E-state index contributed by atoms with van der Waals surface area (Å²) >= 11 is 0. The van der Waals surface area contributed by atoms with Gasteiger partial charge < -0.3 is 20.1 Å². The Kier molecular flexibility index (Phi) is 13.4. The third kappa shape index (κ3) is 11.5. The molecule has 156 valence electrons. The van der Waals surface area contributed by atoms with E-state index in [9.17, 15) is 15.3 Å². The molecular weight excluding hydrogens is 340 g/mol. The Bertz CT molecular complexity index is 449. The summed E-state index contributed by atoms with van der Waals surface area (Å²) in [5.74, 6) is 0.132. The summed E-state index contributed by atoms with van der Waals surface area (Å²) in [4.78, 5) is 0. The quantitative estimate of drug-likeness (QED) is 0.371.